The number of fused-ring (bicyclic) bond motifs is 2. The molecule has 0 spiro atoms. The van der Waals surface area contributed by atoms with Crippen LogP contribution in [0.5, 0.6) is 0 Å². The van der Waals surface area contributed by atoms with Gasteiger partial charge in [-0.2, -0.15) is 0 Å². The van der Waals surface area contributed by atoms with Crippen LogP contribution >= 0.6 is 37.2 Å². The number of nitrogens with zero attached hydrogens (tertiary/aromatic N) is 6. The van der Waals surface area contributed by atoms with E-state index in [-0.39, 0.29) is 136 Å². The Morgan fingerprint density at radius 3 is 1.74 bits per heavy atom. The first kappa shape index (κ1) is 97.0. The molecule has 3 aromatic heterocycles. The number of nitrogens with two attached hydrogens (primary N) is 1. The van der Waals surface area contributed by atoms with E-state index >= 15 is 0 Å². The van der Waals surface area contributed by atoms with Crippen molar-refractivity contribution in [3.8, 4) is 0 Å². The van der Waals surface area contributed by atoms with Crippen LogP contribution in [0.25, 0.3) is 0 Å². The van der Waals surface area contributed by atoms with Crippen molar-refractivity contribution in [2.24, 2.45) is 11.7 Å². The van der Waals surface area contributed by atoms with Gasteiger partial charge in [0.1, 0.15) is 11.6 Å². The summed E-state index contributed by atoms with van der Waals surface area (Å²) in [5.74, 6) is -0.0826. The Labute approximate surface area is 733 Å². The summed E-state index contributed by atoms with van der Waals surface area (Å²) in [6.07, 6.45) is 27.6. The van der Waals surface area contributed by atoms with E-state index in [2.05, 4.69) is 159 Å². The summed E-state index contributed by atoms with van der Waals surface area (Å²) in [7, 11) is -2.95. The van der Waals surface area contributed by atoms with Gasteiger partial charge in [-0.25, -0.2) is 9.69 Å². The molecule has 454 valence electrons. The van der Waals surface area contributed by atoms with E-state index in [4.69, 9.17) is 10.5 Å². The first-order valence-electron chi connectivity index (χ1n) is 30.4. The van der Waals surface area contributed by atoms with Crippen molar-refractivity contribution < 1.29 is 143 Å². The molecular weight excluding hydrogens is 1620 g/mol. The van der Waals surface area contributed by atoms with Crippen LogP contribution in [0.2, 0.25) is 77.1 Å². The maximum atomic E-state index is 13.6. The van der Waals surface area contributed by atoms with Crippen molar-refractivity contribution >= 4 is 212 Å². The number of halogens is 3. The number of allylic oxidation sites excluding steroid dienone is 4. The molecule has 3 N–H and O–H groups in total. The van der Waals surface area contributed by atoms with Crippen LogP contribution in [-0.4, -0.2) is 247 Å². The van der Waals surface area contributed by atoms with Crippen molar-refractivity contribution in [3.63, 3.8) is 0 Å². The second-order valence-electron chi connectivity index (χ2n) is 25.1. The molecule has 4 amide bonds. The molecule has 3 fully saturated rings. The van der Waals surface area contributed by atoms with E-state index < -0.39 is 42.0 Å². The Morgan fingerprint density at radius 1 is 0.767 bits per heavy atom. The Kier molecular flexibility index (Phi) is 64.9. The zero-order chi connectivity index (χ0) is 63.8. The molecule has 3 aliphatic rings. The fourth-order valence-corrected chi connectivity index (χ4v) is 11.3. The number of unbranched alkanes of at least 4 members (excludes halogenated alkanes) is 1. The number of piperidine rings is 2. The Morgan fingerprint density at radius 2 is 1.27 bits per heavy atom. The first-order chi connectivity index (χ1) is 39.7. The van der Waals surface area contributed by atoms with Crippen LogP contribution in [0.3, 0.4) is 0 Å². The van der Waals surface area contributed by atoms with Gasteiger partial charge in [-0.05, 0) is 127 Å². The zero-order valence-electron chi connectivity index (χ0n) is 58.4. The van der Waals surface area contributed by atoms with Crippen molar-refractivity contribution in [1.29, 1.82) is 0 Å². The predicted octanol–water partition coefficient (Wildman–Crippen LogP) is 3.98. The summed E-state index contributed by atoms with van der Waals surface area (Å²) in [6.45, 7) is 33.1. The standard InChI is InChI=1S/C24H37N3O4Si.C16H21N3O.C14H23NSi.C7H17NSi.I3.6K.2H/c1-24(2,3)31-23(30)27-20(13-11-14-21(27)28)22(29)26(16-9-10-17-32(4,5)6)18-19-12-7-8-15-25-19;1-2-12-10-19(11-13-6-3-4-9-17-13)16(20)15-8-5-7-14(12)18-15;1-16(2,3)13-9-5-4-6-10-14-11-7-8-12-15-14;1-9(2,3)7-5-4-6-8;1-3-2;;;;;;;;/h7-10,12,15,20H,11,13-14,16-18H2,1-6H3;2-4,6,9,12,14-15,18H,1,5,7-8,10-11H2;5,7-9,11-12H,4,6,10,13H2,1-3H3;4-5H,6-8H2,1-3H3;;;;;;;;;/q;;;;-1;;;;;2*+1;2*-1/t20-;12-,14?,15?;;;;;;;;;;;/m00.........../s1. The summed E-state index contributed by atoms with van der Waals surface area (Å²) in [6, 6.07) is 20.6. The van der Waals surface area contributed by atoms with E-state index in [0.29, 0.717) is 64.2 Å². The van der Waals surface area contributed by atoms with Crippen molar-refractivity contribution in [1.82, 2.24) is 35.0 Å². The average Bonchev–Trinajstić information content (AvgIpc) is 3.27. The summed E-state index contributed by atoms with van der Waals surface area (Å²) < 4.78 is 5.44. The summed E-state index contributed by atoms with van der Waals surface area (Å²) in [5, 5.41) is 3.50. The molecule has 2 bridgehead atoms. The first-order valence-corrected chi connectivity index (χ1v) is 86.1. The zero-order valence-corrected chi connectivity index (χ0v) is 84.7. The van der Waals surface area contributed by atoms with Gasteiger partial charge in [0.15, 0.2) is 0 Å². The minimum absolute atomic E-state index is 0. The second-order valence-corrected chi connectivity index (χ2v) is 57.9. The SMILES string of the molecule is C=C[C@H]1CN(Cc2ccccn2)C(=O)C2CCCC1N2.CC(C)(C)OC(=O)N1C(=O)CCC[C@H]1C(=O)N(CC=CC[Si](C)(C)C)Cc1ccccn1.C[Si](C)(C)CC=CCCCc1ccccn1.C[Si](C)(C)CC=CCN.I[I-]I.[H-].[H-].[K+].[K+].[K][K].[K][K]. The number of nitrogens with one attached hydrogen (secondary N) is 1. The molecule has 0 aliphatic carbocycles. The predicted molar refractivity (Wildman–Crippen MR) is 380 cm³/mol. The van der Waals surface area contributed by atoms with Gasteiger partial charge in [-0.3, -0.25) is 29.3 Å². The maximum absolute atomic E-state index is 13.6. The number of pyridine rings is 3. The van der Waals surface area contributed by atoms with Crippen LogP contribution < -0.4 is 127 Å². The third-order valence-corrected chi connectivity index (χ3v) is 17.1. The number of rotatable bonds is 19. The molecule has 2 unspecified atom stereocenters. The molecule has 3 saturated heterocycles. The van der Waals surface area contributed by atoms with Crippen LogP contribution in [-0.2, 0) is 38.6 Å². The molecule has 6 rings (SSSR count). The number of amides is 4. The molecule has 0 aromatic carbocycles. The number of ether oxygens (including phenoxy) is 1. The van der Waals surface area contributed by atoms with Gasteiger partial charge in [0, 0.05) is 86.5 Å². The number of aromatic nitrogens is 3. The Balaban J connectivity index is -0.000000355. The third kappa shape index (κ3) is 49.4. The van der Waals surface area contributed by atoms with Crippen molar-refractivity contribution in [2.45, 2.75) is 192 Å². The molecule has 13 nitrogen and oxygen atoms in total. The van der Waals surface area contributed by atoms with Gasteiger partial charge in [-0.15, -0.1) is 6.58 Å². The molecular formula is C61H100I3K6N8O5Si3-. The molecule has 25 heteroatoms. The van der Waals surface area contributed by atoms with E-state index in [0.717, 1.165) is 54.6 Å². The minimum atomic E-state index is -1.24. The van der Waals surface area contributed by atoms with Crippen molar-refractivity contribution in [3.05, 3.63) is 139 Å². The number of carbonyl (C=O) groups is 4. The van der Waals surface area contributed by atoms with Gasteiger partial charge in [-0.1, -0.05) is 120 Å². The van der Waals surface area contributed by atoms with E-state index in [1.807, 2.05) is 71.8 Å². The van der Waals surface area contributed by atoms with E-state index in [1.54, 1.807) is 38.1 Å². The fourth-order valence-electron chi connectivity index (χ4n) is 8.71. The molecule has 3 aliphatic heterocycles. The molecule has 86 heavy (non-hydrogen) atoms. The molecule has 0 saturated carbocycles. The normalized spacial score (nSPS) is 17.5. The van der Waals surface area contributed by atoms with Crippen LogP contribution in [0.1, 0.15) is 92.1 Å². The number of carbonyl (C=O) groups excluding carboxylic acids is 4. The summed E-state index contributed by atoms with van der Waals surface area (Å²) in [4.78, 5) is 69.3. The van der Waals surface area contributed by atoms with Gasteiger partial charge in [0.05, 0.1) is 30.5 Å². The van der Waals surface area contributed by atoms with Crippen molar-refractivity contribution in [2.75, 3.05) is 19.6 Å². The second kappa shape index (κ2) is 57.5. The monoisotopic (exact) mass is 1720 g/mol. The molecule has 6 heterocycles. The van der Waals surface area contributed by atoms with E-state index in [9.17, 15) is 19.2 Å². The molecule has 0 radical (unpaired) electrons. The van der Waals surface area contributed by atoms with E-state index in [1.165, 1.54) is 157 Å². The Hall–Kier alpha value is 6.87. The molecule has 3 aromatic rings. The van der Waals surface area contributed by atoms with Gasteiger partial charge >= 0.3 is 286 Å². The van der Waals surface area contributed by atoms with Gasteiger partial charge in [0.25, 0.3) is 0 Å². The third-order valence-electron chi connectivity index (χ3n) is 12.8. The number of hydrogen-bond acceptors (Lipinski definition) is 10. The van der Waals surface area contributed by atoms with Crippen LogP contribution in [0.15, 0.2) is 122 Å². The van der Waals surface area contributed by atoms with Gasteiger partial charge in [0.2, 0.25) is 17.7 Å². The summed E-state index contributed by atoms with van der Waals surface area (Å²) >= 11 is 10.3. The number of hydrogen-bond donors (Lipinski definition) is 2. The topological polar surface area (TPSA) is 164 Å². The average molecular weight is 1730 g/mol. The quantitative estimate of drug-likeness (QED) is 0.0778. The Bertz CT molecular complexity index is 2390. The number of imide groups is 1. The van der Waals surface area contributed by atoms with Crippen LogP contribution in [0.4, 0.5) is 4.79 Å². The fraction of sp³-hybridized carbons (Fsp3) is 0.557. The van der Waals surface area contributed by atoms with Crippen LogP contribution in [0, 0.1) is 5.92 Å². The number of likely N-dealkylation sites (tertiary alicyclic amines) is 1. The summed E-state index contributed by atoms with van der Waals surface area (Å²) in [5.41, 5.74) is 7.44. The molecule has 4 atom stereocenters. The number of aryl methyl sites for hydroxylation is 1. The van der Waals surface area contributed by atoms with Gasteiger partial charge < -0.3 is 28.4 Å².